The van der Waals surface area contributed by atoms with Gasteiger partial charge < -0.3 is 10.1 Å². The van der Waals surface area contributed by atoms with Gasteiger partial charge in [0.2, 0.25) is 15.9 Å². The summed E-state index contributed by atoms with van der Waals surface area (Å²) in [6.07, 6.45) is 5.48. The van der Waals surface area contributed by atoms with E-state index in [-0.39, 0.29) is 17.3 Å². The summed E-state index contributed by atoms with van der Waals surface area (Å²) in [4.78, 5) is 13.2. The van der Waals surface area contributed by atoms with Crippen LogP contribution in [-0.4, -0.2) is 48.6 Å². The summed E-state index contributed by atoms with van der Waals surface area (Å²) in [6, 6.07) is 6.34. The van der Waals surface area contributed by atoms with Gasteiger partial charge in [-0.2, -0.15) is 9.40 Å². The molecule has 1 saturated carbocycles. The largest absolute Gasteiger partial charge is 0.497 e. The number of hydrogen-bond acceptors (Lipinski definition) is 5. The first-order valence-electron chi connectivity index (χ1n) is 10.4. The summed E-state index contributed by atoms with van der Waals surface area (Å²) < 4.78 is 34.5. The molecule has 0 radical (unpaired) electrons. The van der Waals surface area contributed by atoms with Gasteiger partial charge in [-0.3, -0.25) is 4.79 Å². The molecule has 2 heterocycles. The average Bonchev–Trinajstić information content (AvgIpc) is 3.52. The number of benzene rings is 1. The maximum Gasteiger partial charge on any atom is 0.243 e. The number of anilines is 1. The second-order valence-electron chi connectivity index (χ2n) is 8.17. The fourth-order valence-electron chi connectivity index (χ4n) is 3.82. The van der Waals surface area contributed by atoms with Gasteiger partial charge >= 0.3 is 0 Å². The molecule has 1 aromatic heterocycles. The van der Waals surface area contributed by atoms with E-state index in [4.69, 9.17) is 4.74 Å². The Morgan fingerprint density at radius 1 is 1.23 bits per heavy atom. The Morgan fingerprint density at radius 2 is 1.97 bits per heavy atom. The minimum atomic E-state index is -3.66. The van der Waals surface area contributed by atoms with E-state index in [0.717, 1.165) is 17.9 Å². The van der Waals surface area contributed by atoms with E-state index in [9.17, 15) is 13.2 Å². The highest BCUT2D eigenvalue weighted by Crippen LogP contribution is 2.32. The first-order chi connectivity index (χ1) is 14.4. The third-order valence-electron chi connectivity index (χ3n) is 5.84. The van der Waals surface area contributed by atoms with Crippen LogP contribution >= 0.6 is 0 Å². The van der Waals surface area contributed by atoms with E-state index in [2.05, 4.69) is 10.4 Å². The van der Waals surface area contributed by atoms with Crippen LogP contribution in [0.25, 0.3) is 0 Å². The number of sulfonamides is 1. The second-order valence-corrected chi connectivity index (χ2v) is 10.1. The zero-order valence-corrected chi connectivity index (χ0v) is 18.2. The Bertz CT molecular complexity index is 1010. The average molecular weight is 433 g/mol. The van der Waals surface area contributed by atoms with Crippen LogP contribution in [0, 0.1) is 18.8 Å². The van der Waals surface area contributed by atoms with Crippen LogP contribution in [-0.2, 0) is 21.4 Å². The van der Waals surface area contributed by atoms with Crippen LogP contribution in [0.5, 0.6) is 5.75 Å². The first-order valence-corrected chi connectivity index (χ1v) is 11.8. The molecule has 1 aliphatic carbocycles. The predicted octanol–water partition coefficient (Wildman–Crippen LogP) is 2.65. The number of aromatic nitrogens is 2. The van der Waals surface area contributed by atoms with Gasteiger partial charge in [-0.1, -0.05) is 0 Å². The molecule has 2 aromatic rings. The number of amides is 1. The number of nitrogens with zero attached hydrogens (tertiary/aromatic N) is 3. The topological polar surface area (TPSA) is 93.5 Å². The molecule has 2 aliphatic rings. The summed E-state index contributed by atoms with van der Waals surface area (Å²) in [6.45, 7) is 3.33. The summed E-state index contributed by atoms with van der Waals surface area (Å²) >= 11 is 0. The number of rotatable bonds is 7. The van der Waals surface area contributed by atoms with Gasteiger partial charge in [0.05, 0.1) is 24.1 Å². The van der Waals surface area contributed by atoms with E-state index >= 15 is 0 Å². The highest BCUT2D eigenvalue weighted by molar-refractivity contribution is 7.89. The van der Waals surface area contributed by atoms with Crippen LogP contribution in [0.3, 0.4) is 0 Å². The smallest absolute Gasteiger partial charge is 0.243 e. The number of aryl methyl sites for hydroxylation is 1. The molecule has 9 heteroatoms. The van der Waals surface area contributed by atoms with Crippen molar-refractivity contribution in [2.24, 2.45) is 11.8 Å². The Morgan fingerprint density at radius 3 is 2.63 bits per heavy atom. The van der Waals surface area contributed by atoms with Gasteiger partial charge in [0.1, 0.15) is 11.6 Å². The molecule has 1 aromatic carbocycles. The standard InChI is InChI=1S/C21H28N4O4S/c1-15-12-22-25(13-16-5-6-16)20(15)23-21(26)17-4-3-11-24(14-17)30(27,28)19-9-7-18(29-2)8-10-19/h7-10,12,16-17H,3-6,11,13-14H2,1-2H3,(H,23,26). The van der Waals surface area contributed by atoms with Crippen LogP contribution in [0.1, 0.15) is 31.2 Å². The lowest BCUT2D eigenvalue weighted by atomic mass is 9.99. The third-order valence-corrected chi connectivity index (χ3v) is 7.72. The number of nitrogens with one attached hydrogen (secondary N) is 1. The Labute approximate surface area is 177 Å². The van der Waals surface area contributed by atoms with Crippen molar-refractivity contribution in [3.05, 3.63) is 36.0 Å². The first kappa shape index (κ1) is 20.9. The normalized spacial score (nSPS) is 20.1. The highest BCUT2D eigenvalue weighted by Gasteiger charge is 2.34. The van der Waals surface area contributed by atoms with Crippen molar-refractivity contribution in [2.75, 3.05) is 25.5 Å². The lowest BCUT2D eigenvalue weighted by Gasteiger charge is -2.31. The SMILES string of the molecule is COc1ccc(S(=O)(=O)N2CCCC(C(=O)Nc3c(C)cnn3CC3CC3)C2)cc1. The molecule has 0 bridgehead atoms. The minimum absolute atomic E-state index is 0.148. The van der Waals surface area contributed by atoms with Gasteiger partial charge in [0, 0.05) is 25.2 Å². The van der Waals surface area contributed by atoms with Crippen molar-refractivity contribution in [2.45, 2.75) is 44.0 Å². The van der Waals surface area contributed by atoms with Crippen molar-refractivity contribution in [1.29, 1.82) is 0 Å². The molecule has 1 amide bonds. The molecular formula is C21H28N4O4S. The molecule has 1 saturated heterocycles. The Balaban J connectivity index is 1.45. The van der Waals surface area contributed by atoms with Crippen LogP contribution in [0.15, 0.2) is 35.4 Å². The van der Waals surface area contributed by atoms with E-state index in [0.29, 0.717) is 31.1 Å². The van der Waals surface area contributed by atoms with Crippen LogP contribution < -0.4 is 10.1 Å². The highest BCUT2D eigenvalue weighted by atomic mass is 32.2. The van der Waals surface area contributed by atoms with Gasteiger partial charge in [0.25, 0.3) is 0 Å². The Hall–Kier alpha value is -2.39. The maximum atomic E-state index is 13.0. The number of methoxy groups -OCH3 is 1. The van der Waals surface area contributed by atoms with Crippen molar-refractivity contribution in [1.82, 2.24) is 14.1 Å². The zero-order chi connectivity index (χ0) is 21.3. The van der Waals surface area contributed by atoms with Crippen LogP contribution in [0.4, 0.5) is 5.82 Å². The number of hydrogen-bond donors (Lipinski definition) is 1. The fraction of sp³-hybridized carbons (Fsp3) is 0.524. The molecule has 1 N–H and O–H groups in total. The molecule has 0 spiro atoms. The maximum absolute atomic E-state index is 13.0. The molecular weight excluding hydrogens is 404 g/mol. The summed E-state index contributed by atoms with van der Waals surface area (Å²) in [5.74, 6) is 1.42. The summed E-state index contributed by atoms with van der Waals surface area (Å²) in [5.41, 5.74) is 0.919. The fourth-order valence-corrected chi connectivity index (χ4v) is 5.34. The predicted molar refractivity (Wildman–Crippen MR) is 113 cm³/mol. The molecule has 162 valence electrons. The zero-order valence-electron chi connectivity index (χ0n) is 17.4. The second kappa shape index (κ2) is 8.39. The van der Waals surface area contributed by atoms with Crippen LogP contribution in [0.2, 0.25) is 0 Å². The molecule has 4 rings (SSSR count). The van der Waals surface area contributed by atoms with Gasteiger partial charge in [-0.25, -0.2) is 13.1 Å². The third kappa shape index (κ3) is 4.37. The summed E-state index contributed by atoms with van der Waals surface area (Å²) in [7, 11) is -2.12. The van der Waals surface area contributed by atoms with Gasteiger partial charge in [-0.05, 0) is 62.8 Å². The lowest BCUT2D eigenvalue weighted by Crippen LogP contribution is -2.43. The minimum Gasteiger partial charge on any atom is -0.497 e. The van der Waals surface area contributed by atoms with Crippen molar-refractivity contribution >= 4 is 21.7 Å². The quantitative estimate of drug-likeness (QED) is 0.726. The van der Waals surface area contributed by atoms with E-state index in [1.165, 1.54) is 36.4 Å². The number of carbonyl (C=O) groups excluding carboxylic acids is 1. The number of piperidine rings is 1. The molecule has 2 fully saturated rings. The van der Waals surface area contributed by atoms with E-state index < -0.39 is 15.9 Å². The van der Waals surface area contributed by atoms with Gasteiger partial charge in [0.15, 0.2) is 0 Å². The van der Waals surface area contributed by atoms with E-state index in [1.807, 2.05) is 11.6 Å². The Kier molecular flexibility index (Phi) is 5.84. The monoisotopic (exact) mass is 432 g/mol. The summed E-state index contributed by atoms with van der Waals surface area (Å²) in [5, 5.41) is 7.40. The van der Waals surface area contributed by atoms with Gasteiger partial charge in [-0.15, -0.1) is 0 Å². The molecule has 1 aliphatic heterocycles. The molecule has 1 unspecified atom stereocenters. The van der Waals surface area contributed by atoms with Crippen molar-refractivity contribution in [3.63, 3.8) is 0 Å². The van der Waals surface area contributed by atoms with Crippen molar-refractivity contribution < 1.29 is 17.9 Å². The van der Waals surface area contributed by atoms with Crippen molar-refractivity contribution in [3.8, 4) is 5.75 Å². The molecule has 1 atom stereocenters. The molecule has 8 nitrogen and oxygen atoms in total. The lowest BCUT2D eigenvalue weighted by molar-refractivity contribution is -0.120. The van der Waals surface area contributed by atoms with E-state index in [1.54, 1.807) is 18.3 Å². The number of ether oxygens (including phenoxy) is 1. The molecule has 30 heavy (non-hydrogen) atoms. The number of carbonyl (C=O) groups is 1.